The van der Waals surface area contributed by atoms with Crippen LogP contribution in [-0.4, -0.2) is 31.8 Å². The van der Waals surface area contributed by atoms with Gasteiger partial charge >= 0.3 is 5.97 Å². The molecule has 1 aliphatic rings. The van der Waals surface area contributed by atoms with Crippen molar-refractivity contribution in [1.29, 1.82) is 0 Å². The number of aliphatic carboxylic acids is 1. The van der Waals surface area contributed by atoms with Crippen LogP contribution >= 0.6 is 0 Å². The quantitative estimate of drug-likeness (QED) is 0.698. The van der Waals surface area contributed by atoms with Crippen LogP contribution in [0.4, 0.5) is 0 Å². The third-order valence-electron chi connectivity index (χ3n) is 3.13. The summed E-state index contributed by atoms with van der Waals surface area (Å²) in [6, 6.07) is 0. The second-order valence-electron chi connectivity index (χ2n) is 4.41. The number of carbonyl (C=O) groups is 1. The van der Waals surface area contributed by atoms with Crippen molar-refractivity contribution in [2.24, 2.45) is 11.8 Å². The number of hydrogen-bond acceptors (Lipinski definition) is 3. The van der Waals surface area contributed by atoms with Gasteiger partial charge in [0.05, 0.1) is 11.7 Å². The summed E-state index contributed by atoms with van der Waals surface area (Å²) in [5.74, 6) is -1.47. The highest BCUT2D eigenvalue weighted by molar-refractivity contribution is 7.89. The lowest BCUT2D eigenvalue weighted by molar-refractivity contribution is -0.144. The van der Waals surface area contributed by atoms with Gasteiger partial charge in [-0.05, 0) is 18.8 Å². The van der Waals surface area contributed by atoms with Gasteiger partial charge in [-0.2, -0.15) is 0 Å². The topological polar surface area (TPSA) is 83.5 Å². The van der Waals surface area contributed by atoms with Crippen molar-refractivity contribution in [2.75, 3.05) is 12.3 Å². The molecule has 1 saturated carbocycles. The molecule has 1 aliphatic carbocycles. The van der Waals surface area contributed by atoms with Crippen molar-refractivity contribution in [3.8, 4) is 0 Å². The molecule has 2 atom stereocenters. The molecule has 0 saturated heterocycles. The highest BCUT2D eigenvalue weighted by atomic mass is 32.2. The summed E-state index contributed by atoms with van der Waals surface area (Å²) in [6.45, 7) is 3.59. The van der Waals surface area contributed by atoms with Gasteiger partial charge in [0.2, 0.25) is 10.0 Å². The van der Waals surface area contributed by atoms with E-state index in [4.69, 9.17) is 5.11 Å². The molecule has 0 aromatic carbocycles. The molecule has 0 heterocycles. The molecule has 1 rings (SSSR count). The molecule has 0 radical (unpaired) electrons. The molecule has 0 bridgehead atoms. The van der Waals surface area contributed by atoms with E-state index in [0.29, 0.717) is 6.42 Å². The van der Waals surface area contributed by atoms with Crippen molar-refractivity contribution < 1.29 is 18.3 Å². The summed E-state index contributed by atoms with van der Waals surface area (Å²) >= 11 is 0. The van der Waals surface area contributed by atoms with E-state index in [1.807, 2.05) is 0 Å². The highest BCUT2D eigenvalue weighted by Crippen LogP contribution is 2.29. The van der Waals surface area contributed by atoms with Gasteiger partial charge < -0.3 is 5.11 Å². The zero-order valence-electron chi connectivity index (χ0n) is 9.76. The lowest BCUT2D eigenvalue weighted by atomic mass is 9.79. The average molecular weight is 261 g/mol. The normalized spacial score (nSPS) is 25.4. The van der Waals surface area contributed by atoms with E-state index in [9.17, 15) is 13.2 Å². The highest BCUT2D eigenvalue weighted by Gasteiger charge is 2.31. The second kappa shape index (κ2) is 6.16. The number of hydrogen-bond donors (Lipinski definition) is 2. The van der Waals surface area contributed by atoms with Crippen LogP contribution in [0, 0.1) is 11.8 Å². The van der Waals surface area contributed by atoms with Crippen molar-refractivity contribution in [1.82, 2.24) is 4.72 Å². The van der Waals surface area contributed by atoms with Gasteiger partial charge in [-0.25, -0.2) is 13.1 Å². The molecular weight excluding hydrogens is 242 g/mol. The number of carboxylic acid groups (broad SMARTS) is 1. The molecule has 98 valence electrons. The molecule has 0 aliphatic heterocycles. The Labute approximate surface area is 102 Å². The summed E-state index contributed by atoms with van der Waals surface area (Å²) in [5, 5.41) is 9.05. The number of rotatable bonds is 6. The minimum Gasteiger partial charge on any atom is -0.481 e. The molecule has 6 heteroatoms. The molecule has 0 amide bonds. The first-order valence-electron chi connectivity index (χ1n) is 5.77. The first-order valence-corrected chi connectivity index (χ1v) is 7.42. The fraction of sp³-hybridized carbons (Fsp3) is 0.727. The second-order valence-corrected chi connectivity index (χ2v) is 6.26. The van der Waals surface area contributed by atoms with E-state index >= 15 is 0 Å². The van der Waals surface area contributed by atoms with Crippen molar-refractivity contribution in [3.63, 3.8) is 0 Å². The molecule has 0 aromatic rings. The smallest absolute Gasteiger partial charge is 0.306 e. The fourth-order valence-corrected chi connectivity index (χ4v) is 3.12. The average Bonchev–Trinajstić information content (AvgIpc) is 2.27. The first-order chi connectivity index (χ1) is 7.96. The summed E-state index contributed by atoms with van der Waals surface area (Å²) in [7, 11) is -3.34. The third kappa shape index (κ3) is 4.47. The van der Waals surface area contributed by atoms with Gasteiger partial charge in [0, 0.05) is 6.54 Å². The Kier molecular flexibility index (Phi) is 5.14. The predicted octanol–water partition coefficient (Wildman–Crippen LogP) is 0.983. The van der Waals surface area contributed by atoms with Crippen LogP contribution in [0.3, 0.4) is 0 Å². The monoisotopic (exact) mass is 261 g/mol. The van der Waals surface area contributed by atoms with E-state index in [1.54, 1.807) is 0 Å². The molecule has 17 heavy (non-hydrogen) atoms. The van der Waals surface area contributed by atoms with E-state index in [-0.39, 0.29) is 18.2 Å². The Morgan fingerprint density at radius 1 is 1.41 bits per heavy atom. The zero-order chi connectivity index (χ0) is 12.9. The number of nitrogens with one attached hydrogen (secondary N) is 1. The number of carboxylic acids is 1. The summed E-state index contributed by atoms with van der Waals surface area (Å²) in [4.78, 5) is 11.0. The van der Waals surface area contributed by atoms with Gasteiger partial charge in [-0.3, -0.25) is 4.79 Å². The maximum atomic E-state index is 11.4. The Morgan fingerprint density at radius 3 is 2.65 bits per heavy atom. The van der Waals surface area contributed by atoms with E-state index in [2.05, 4.69) is 11.3 Å². The van der Waals surface area contributed by atoms with Crippen molar-refractivity contribution in [3.05, 3.63) is 12.7 Å². The molecular formula is C11H19NO4S. The molecule has 2 unspecified atom stereocenters. The first kappa shape index (κ1) is 14.2. The van der Waals surface area contributed by atoms with Crippen LogP contribution in [0.5, 0.6) is 0 Å². The van der Waals surface area contributed by atoms with Crippen LogP contribution in [0.15, 0.2) is 12.7 Å². The van der Waals surface area contributed by atoms with Gasteiger partial charge in [-0.1, -0.05) is 18.9 Å². The lowest BCUT2D eigenvalue weighted by Crippen LogP contribution is -2.37. The minimum absolute atomic E-state index is 0.0964. The number of sulfonamides is 1. The van der Waals surface area contributed by atoms with E-state index in [0.717, 1.165) is 19.3 Å². The Hall–Kier alpha value is -0.880. The zero-order valence-corrected chi connectivity index (χ0v) is 10.6. The van der Waals surface area contributed by atoms with Crippen LogP contribution in [0.2, 0.25) is 0 Å². The van der Waals surface area contributed by atoms with Crippen LogP contribution in [0.1, 0.15) is 25.7 Å². The Balaban J connectivity index is 2.54. The SMILES string of the molecule is C=CCS(=O)(=O)NCC1CCCCC1C(=O)O. The third-order valence-corrected chi connectivity index (χ3v) is 4.41. The van der Waals surface area contributed by atoms with Crippen molar-refractivity contribution >= 4 is 16.0 Å². The van der Waals surface area contributed by atoms with Crippen LogP contribution < -0.4 is 4.72 Å². The molecule has 0 aromatic heterocycles. The molecule has 0 spiro atoms. The molecule has 1 fully saturated rings. The fourth-order valence-electron chi connectivity index (χ4n) is 2.23. The molecule has 2 N–H and O–H groups in total. The lowest BCUT2D eigenvalue weighted by Gasteiger charge is -2.28. The largest absolute Gasteiger partial charge is 0.481 e. The summed E-state index contributed by atoms with van der Waals surface area (Å²) < 4.78 is 25.3. The van der Waals surface area contributed by atoms with E-state index < -0.39 is 21.9 Å². The van der Waals surface area contributed by atoms with Crippen LogP contribution in [0.25, 0.3) is 0 Å². The maximum Gasteiger partial charge on any atom is 0.306 e. The summed E-state index contributed by atoms with van der Waals surface area (Å²) in [6.07, 6.45) is 4.61. The van der Waals surface area contributed by atoms with Gasteiger partial charge in [-0.15, -0.1) is 6.58 Å². The maximum absolute atomic E-state index is 11.4. The Morgan fingerprint density at radius 2 is 2.06 bits per heavy atom. The van der Waals surface area contributed by atoms with Crippen LogP contribution in [-0.2, 0) is 14.8 Å². The van der Waals surface area contributed by atoms with Gasteiger partial charge in [0.15, 0.2) is 0 Å². The van der Waals surface area contributed by atoms with E-state index in [1.165, 1.54) is 6.08 Å². The van der Waals surface area contributed by atoms with Crippen molar-refractivity contribution in [2.45, 2.75) is 25.7 Å². The predicted molar refractivity (Wildman–Crippen MR) is 65.1 cm³/mol. The standard InChI is InChI=1S/C11H19NO4S/c1-2-7-17(15,16)12-8-9-5-3-4-6-10(9)11(13)14/h2,9-10,12H,1,3-8H2,(H,13,14). The Bertz CT molecular complexity index is 377. The summed E-state index contributed by atoms with van der Waals surface area (Å²) in [5.41, 5.74) is 0. The minimum atomic E-state index is -3.34. The van der Waals surface area contributed by atoms with Gasteiger partial charge in [0.25, 0.3) is 0 Å². The molecule has 5 nitrogen and oxygen atoms in total. The van der Waals surface area contributed by atoms with Gasteiger partial charge in [0.1, 0.15) is 0 Å².